The van der Waals surface area contributed by atoms with Crippen molar-refractivity contribution in [3.63, 3.8) is 0 Å². The van der Waals surface area contributed by atoms with Gasteiger partial charge in [0.1, 0.15) is 0 Å². The third-order valence-electron chi connectivity index (χ3n) is 3.17. The first-order valence-corrected chi connectivity index (χ1v) is 6.37. The van der Waals surface area contributed by atoms with E-state index in [0.29, 0.717) is 24.4 Å². The van der Waals surface area contributed by atoms with Crippen molar-refractivity contribution in [3.05, 3.63) is 29.6 Å². The average Bonchev–Trinajstić information content (AvgIpc) is 2.46. The highest BCUT2D eigenvalue weighted by molar-refractivity contribution is 5.94. The second kappa shape index (κ2) is 6.44. The maximum absolute atomic E-state index is 12.5. The van der Waals surface area contributed by atoms with Crippen LogP contribution < -0.4 is 5.73 Å². The van der Waals surface area contributed by atoms with Crippen molar-refractivity contribution in [1.29, 1.82) is 0 Å². The number of ether oxygens (including phenoxy) is 1. The standard InChI is InChI=1S/C13H17N3O4/c14-7-10-5-9(1-2-15-10)13(19)16-3-4-20-8-11(16)6-12(17)18/h1-2,5,11H,3-4,6-8,14H2,(H,17,18). The SMILES string of the molecule is NCc1cc(C(=O)N2CCOCC2CC(=O)O)ccn1. The molecular weight excluding hydrogens is 262 g/mol. The summed E-state index contributed by atoms with van der Waals surface area (Å²) in [6.07, 6.45) is 1.41. The Bertz CT molecular complexity index is 506. The summed E-state index contributed by atoms with van der Waals surface area (Å²) in [5, 5.41) is 8.90. The molecule has 1 aromatic heterocycles. The summed E-state index contributed by atoms with van der Waals surface area (Å²) in [7, 11) is 0. The number of carboxylic acid groups (broad SMARTS) is 1. The van der Waals surface area contributed by atoms with Crippen LogP contribution in [0.15, 0.2) is 18.3 Å². The van der Waals surface area contributed by atoms with Gasteiger partial charge in [0.15, 0.2) is 0 Å². The molecule has 0 spiro atoms. The van der Waals surface area contributed by atoms with Gasteiger partial charge in [-0.2, -0.15) is 0 Å². The van der Waals surface area contributed by atoms with E-state index in [9.17, 15) is 9.59 Å². The van der Waals surface area contributed by atoms with Crippen LogP contribution in [0.25, 0.3) is 0 Å². The lowest BCUT2D eigenvalue weighted by Crippen LogP contribution is -2.49. The number of rotatable bonds is 4. The van der Waals surface area contributed by atoms with Crippen molar-refractivity contribution in [1.82, 2.24) is 9.88 Å². The molecule has 7 heteroatoms. The van der Waals surface area contributed by atoms with E-state index < -0.39 is 12.0 Å². The van der Waals surface area contributed by atoms with Gasteiger partial charge in [0.2, 0.25) is 0 Å². The van der Waals surface area contributed by atoms with Crippen LogP contribution in [0.3, 0.4) is 0 Å². The van der Waals surface area contributed by atoms with Crippen molar-refractivity contribution in [2.24, 2.45) is 5.73 Å². The van der Waals surface area contributed by atoms with E-state index in [4.69, 9.17) is 15.6 Å². The van der Waals surface area contributed by atoms with Gasteiger partial charge >= 0.3 is 5.97 Å². The second-order valence-electron chi connectivity index (χ2n) is 4.57. The van der Waals surface area contributed by atoms with E-state index in [0.717, 1.165) is 0 Å². The maximum Gasteiger partial charge on any atom is 0.305 e. The lowest BCUT2D eigenvalue weighted by Gasteiger charge is -2.34. The number of aromatic nitrogens is 1. The Morgan fingerprint density at radius 2 is 2.35 bits per heavy atom. The third kappa shape index (κ3) is 3.31. The quantitative estimate of drug-likeness (QED) is 0.794. The number of amides is 1. The number of aliphatic carboxylic acids is 1. The smallest absolute Gasteiger partial charge is 0.305 e. The van der Waals surface area contributed by atoms with Gasteiger partial charge in [-0.05, 0) is 12.1 Å². The zero-order valence-electron chi connectivity index (χ0n) is 11.0. The number of hydrogen-bond donors (Lipinski definition) is 2. The minimum absolute atomic E-state index is 0.124. The van der Waals surface area contributed by atoms with E-state index in [1.165, 1.54) is 6.20 Å². The monoisotopic (exact) mass is 279 g/mol. The van der Waals surface area contributed by atoms with Crippen molar-refractivity contribution in [3.8, 4) is 0 Å². The van der Waals surface area contributed by atoms with Gasteiger partial charge in [-0.15, -0.1) is 0 Å². The molecule has 7 nitrogen and oxygen atoms in total. The molecule has 0 radical (unpaired) electrons. The first kappa shape index (κ1) is 14.4. The second-order valence-corrected chi connectivity index (χ2v) is 4.57. The Labute approximate surface area is 116 Å². The van der Waals surface area contributed by atoms with E-state index in [1.54, 1.807) is 17.0 Å². The molecule has 1 unspecified atom stereocenters. The zero-order valence-corrected chi connectivity index (χ0v) is 11.0. The van der Waals surface area contributed by atoms with Crippen molar-refractivity contribution in [2.75, 3.05) is 19.8 Å². The van der Waals surface area contributed by atoms with Crippen LogP contribution in [0.2, 0.25) is 0 Å². The van der Waals surface area contributed by atoms with E-state index >= 15 is 0 Å². The molecule has 2 rings (SSSR count). The summed E-state index contributed by atoms with van der Waals surface area (Å²) in [5.74, 6) is -1.16. The number of carbonyl (C=O) groups is 2. The lowest BCUT2D eigenvalue weighted by atomic mass is 10.1. The number of morpholine rings is 1. The summed E-state index contributed by atoms with van der Waals surface area (Å²) in [6, 6.07) is 2.80. The number of hydrogen-bond acceptors (Lipinski definition) is 5. The molecule has 1 atom stereocenters. The van der Waals surface area contributed by atoms with Gasteiger partial charge in [0.05, 0.1) is 31.4 Å². The molecule has 1 fully saturated rings. The first-order chi connectivity index (χ1) is 9.61. The van der Waals surface area contributed by atoms with Crippen LogP contribution in [0.1, 0.15) is 22.5 Å². The summed E-state index contributed by atoms with van der Waals surface area (Å²) >= 11 is 0. The summed E-state index contributed by atoms with van der Waals surface area (Å²) in [6.45, 7) is 1.30. The lowest BCUT2D eigenvalue weighted by molar-refractivity contribution is -0.139. The van der Waals surface area contributed by atoms with Crippen molar-refractivity contribution in [2.45, 2.75) is 19.0 Å². The molecule has 0 bridgehead atoms. The fourth-order valence-corrected chi connectivity index (χ4v) is 2.18. The highest BCUT2D eigenvalue weighted by Crippen LogP contribution is 2.15. The van der Waals surface area contributed by atoms with E-state index in [1.807, 2.05) is 0 Å². The Kier molecular flexibility index (Phi) is 4.65. The van der Waals surface area contributed by atoms with Crippen LogP contribution in [-0.2, 0) is 16.1 Å². The molecule has 1 aliphatic heterocycles. The summed E-state index contributed by atoms with van der Waals surface area (Å²) in [5.41, 5.74) is 6.60. The van der Waals surface area contributed by atoms with Crippen molar-refractivity contribution >= 4 is 11.9 Å². The minimum atomic E-state index is -0.948. The largest absolute Gasteiger partial charge is 0.481 e. The van der Waals surface area contributed by atoms with E-state index in [2.05, 4.69) is 4.98 Å². The molecule has 0 saturated carbocycles. The summed E-state index contributed by atoms with van der Waals surface area (Å²) in [4.78, 5) is 28.9. The molecular formula is C13H17N3O4. The van der Waals surface area contributed by atoms with Crippen LogP contribution in [-0.4, -0.2) is 52.7 Å². The van der Waals surface area contributed by atoms with Crippen LogP contribution in [0, 0.1) is 0 Å². The molecule has 0 aromatic carbocycles. The van der Waals surface area contributed by atoms with Gasteiger partial charge in [0, 0.05) is 24.8 Å². The average molecular weight is 279 g/mol. The number of carbonyl (C=O) groups excluding carboxylic acids is 1. The van der Waals surface area contributed by atoms with Crippen LogP contribution >= 0.6 is 0 Å². The zero-order chi connectivity index (χ0) is 14.5. The Hall–Kier alpha value is -1.99. The number of nitrogens with zero attached hydrogens (tertiary/aromatic N) is 2. The Morgan fingerprint density at radius 1 is 1.55 bits per heavy atom. The highest BCUT2D eigenvalue weighted by Gasteiger charge is 2.29. The van der Waals surface area contributed by atoms with Crippen LogP contribution in [0.5, 0.6) is 0 Å². The van der Waals surface area contributed by atoms with Crippen LogP contribution in [0.4, 0.5) is 0 Å². The fourth-order valence-electron chi connectivity index (χ4n) is 2.18. The first-order valence-electron chi connectivity index (χ1n) is 6.37. The normalized spacial score (nSPS) is 18.9. The molecule has 108 valence electrons. The van der Waals surface area contributed by atoms with Crippen molar-refractivity contribution < 1.29 is 19.4 Å². The molecule has 2 heterocycles. The summed E-state index contributed by atoms with van der Waals surface area (Å²) < 4.78 is 5.25. The van der Waals surface area contributed by atoms with Gasteiger partial charge in [-0.1, -0.05) is 0 Å². The van der Waals surface area contributed by atoms with E-state index in [-0.39, 0.29) is 25.5 Å². The predicted octanol–water partition coefficient (Wildman–Crippen LogP) is -0.144. The van der Waals surface area contributed by atoms with Gasteiger partial charge in [-0.3, -0.25) is 14.6 Å². The topological polar surface area (TPSA) is 106 Å². The van der Waals surface area contributed by atoms with Gasteiger partial charge < -0.3 is 20.5 Å². The molecule has 0 aliphatic carbocycles. The molecule has 20 heavy (non-hydrogen) atoms. The molecule has 1 aromatic rings. The molecule has 3 N–H and O–H groups in total. The molecule has 1 amide bonds. The molecule has 1 saturated heterocycles. The number of carboxylic acids is 1. The highest BCUT2D eigenvalue weighted by atomic mass is 16.5. The minimum Gasteiger partial charge on any atom is -0.481 e. The number of pyridine rings is 1. The maximum atomic E-state index is 12.5. The predicted molar refractivity (Wildman–Crippen MR) is 70.0 cm³/mol. The molecule has 1 aliphatic rings. The number of nitrogens with two attached hydrogens (primary N) is 1. The Balaban J connectivity index is 2.18. The van der Waals surface area contributed by atoms with Gasteiger partial charge in [-0.25, -0.2) is 0 Å². The van der Waals surface area contributed by atoms with Gasteiger partial charge in [0.25, 0.3) is 5.91 Å². The Morgan fingerprint density at radius 3 is 3.05 bits per heavy atom. The third-order valence-corrected chi connectivity index (χ3v) is 3.17. The fraction of sp³-hybridized carbons (Fsp3) is 0.462.